The maximum atomic E-state index is 12.0. The lowest BCUT2D eigenvalue weighted by atomic mass is 10.2. The van der Waals surface area contributed by atoms with Crippen molar-refractivity contribution in [2.24, 2.45) is 0 Å². The molecule has 0 spiro atoms. The molecule has 0 radical (unpaired) electrons. The van der Waals surface area contributed by atoms with Gasteiger partial charge in [-0.1, -0.05) is 6.92 Å². The minimum absolute atomic E-state index is 0.0691. The molecule has 1 N–H and O–H groups in total. The fourth-order valence-corrected chi connectivity index (χ4v) is 2.29. The number of benzene rings is 1. The van der Waals surface area contributed by atoms with Crippen LogP contribution in [0, 0.1) is 0 Å². The fourth-order valence-electron chi connectivity index (χ4n) is 1.66. The van der Waals surface area contributed by atoms with Crippen molar-refractivity contribution in [3.63, 3.8) is 0 Å². The predicted octanol–water partition coefficient (Wildman–Crippen LogP) is 3.20. The standard InChI is InChI=1S/C14H21BrN2OS/c1-4-10(2)17(3)8-7-16-14(18)12-9-11(19)5-6-13(12)15/h5-6,9-10,19H,4,7-8H2,1-3H3,(H,16,18). The second kappa shape index (κ2) is 7.92. The molecule has 3 nitrogen and oxygen atoms in total. The van der Waals surface area contributed by atoms with Crippen molar-refractivity contribution in [2.75, 3.05) is 20.1 Å². The highest BCUT2D eigenvalue weighted by Crippen LogP contribution is 2.20. The van der Waals surface area contributed by atoms with Gasteiger partial charge in [-0.3, -0.25) is 4.79 Å². The minimum atomic E-state index is -0.0691. The molecule has 0 fully saturated rings. The molecule has 0 saturated carbocycles. The van der Waals surface area contributed by atoms with Crippen LogP contribution in [0.5, 0.6) is 0 Å². The topological polar surface area (TPSA) is 32.3 Å². The van der Waals surface area contributed by atoms with Gasteiger partial charge in [-0.25, -0.2) is 0 Å². The van der Waals surface area contributed by atoms with E-state index in [0.717, 1.165) is 22.3 Å². The van der Waals surface area contributed by atoms with Crippen LogP contribution in [0.25, 0.3) is 0 Å². The number of nitrogens with one attached hydrogen (secondary N) is 1. The van der Waals surface area contributed by atoms with Crippen LogP contribution in [0.15, 0.2) is 27.6 Å². The van der Waals surface area contributed by atoms with Crippen LogP contribution in [0.1, 0.15) is 30.6 Å². The van der Waals surface area contributed by atoms with Gasteiger partial charge in [-0.05, 0) is 54.5 Å². The monoisotopic (exact) mass is 344 g/mol. The molecule has 19 heavy (non-hydrogen) atoms. The van der Waals surface area contributed by atoms with Crippen molar-refractivity contribution >= 4 is 34.5 Å². The van der Waals surface area contributed by atoms with Crippen molar-refractivity contribution in [2.45, 2.75) is 31.2 Å². The number of hydrogen-bond donors (Lipinski definition) is 2. The SMILES string of the molecule is CCC(C)N(C)CCNC(=O)c1cc(S)ccc1Br. The molecule has 1 aromatic rings. The average molecular weight is 345 g/mol. The number of carbonyl (C=O) groups excluding carboxylic acids is 1. The molecule has 0 aliphatic rings. The van der Waals surface area contributed by atoms with Crippen molar-refractivity contribution in [3.05, 3.63) is 28.2 Å². The van der Waals surface area contributed by atoms with E-state index in [1.165, 1.54) is 0 Å². The van der Waals surface area contributed by atoms with E-state index in [9.17, 15) is 4.79 Å². The molecular formula is C14H21BrN2OS. The molecule has 1 atom stereocenters. The van der Waals surface area contributed by atoms with E-state index in [-0.39, 0.29) is 5.91 Å². The summed E-state index contributed by atoms with van der Waals surface area (Å²) in [7, 11) is 2.07. The Labute approximate surface area is 129 Å². The third-order valence-corrected chi connectivity index (χ3v) is 4.26. The third kappa shape index (κ3) is 5.16. The lowest BCUT2D eigenvalue weighted by Gasteiger charge is -2.23. The lowest BCUT2D eigenvalue weighted by Crippen LogP contribution is -2.37. The van der Waals surface area contributed by atoms with Gasteiger partial charge in [0.25, 0.3) is 5.91 Å². The highest BCUT2D eigenvalue weighted by atomic mass is 79.9. The molecular weight excluding hydrogens is 324 g/mol. The zero-order valence-electron chi connectivity index (χ0n) is 11.6. The number of likely N-dealkylation sites (N-methyl/N-ethyl adjacent to an activating group) is 1. The van der Waals surface area contributed by atoms with Crippen molar-refractivity contribution < 1.29 is 4.79 Å². The number of rotatable bonds is 6. The van der Waals surface area contributed by atoms with E-state index in [4.69, 9.17) is 0 Å². The van der Waals surface area contributed by atoms with Crippen LogP contribution >= 0.6 is 28.6 Å². The van der Waals surface area contributed by atoms with E-state index < -0.39 is 0 Å². The van der Waals surface area contributed by atoms with E-state index in [2.05, 4.69) is 59.7 Å². The highest BCUT2D eigenvalue weighted by molar-refractivity contribution is 9.10. The molecule has 0 aliphatic heterocycles. The third-order valence-electron chi connectivity index (χ3n) is 3.29. The zero-order chi connectivity index (χ0) is 14.4. The van der Waals surface area contributed by atoms with Gasteiger partial charge in [-0.15, -0.1) is 12.6 Å². The molecule has 5 heteroatoms. The van der Waals surface area contributed by atoms with Gasteiger partial charge in [0.15, 0.2) is 0 Å². The molecule has 0 saturated heterocycles. The Balaban J connectivity index is 2.50. The van der Waals surface area contributed by atoms with Gasteiger partial charge in [0.2, 0.25) is 0 Å². The van der Waals surface area contributed by atoms with Gasteiger partial charge in [0, 0.05) is 28.5 Å². The number of nitrogens with zero attached hydrogens (tertiary/aromatic N) is 1. The van der Waals surface area contributed by atoms with Crippen molar-refractivity contribution in [1.82, 2.24) is 10.2 Å². The summed E-state index contributed by atoms with van der Waals surface area (Å²) in [4.78, 5) is 15.1. The average Bonchev–Trinajstić information content (AvgIpc) is 2.40. The Kier molecular flexibility index (Phi) is 6.89. The first-order valence-corrected chi connectivity index (χ1v) is 7.66. The normalized spacial score (nSPS) is 12.5. The van der Waals surface area contributed by atoms with E-state index in [0.29, 0.717) is 18.2 Å². The molecule has 1 rings (SSSR count). The molecule has 1 amide bonds. The van der Waals surface area contributed by atoms with Crippen LogP contribution in [-0.2, 0) is 0 Å². The van der Waals surface area contributed by atoms with Gasteiger partial charge >= 0.3 is 0 Å². The summed E-state index contributed by atoms with van der Waals surface area (Å²) in [6, 6.07) is 5.98. The Morgan fingerprint density at radius 3 is 2.84 bits per heavy atom. The number of halogens is 1. The molecule has 0 heterocycles. The number of hydrogen-bond acceptors (Lipinski definition) is 3. The predicted molar refractivity (Wildman–Crippen MR) is 86.1 cm³/mol. The molecule has 0 aromatic heterocycles. The fraction of sp³-hybridized carbons (Fsp3) is 0.500. The Hall–Kier alpha value is -0.520. The number of carbonyl (C=O) groups is 1. The summed E-state index contributed by atoms with van der Waals surface area (Å²) < 4.78 is 0.790. The van der Waals surface area contributed by atoms with Crippen molar-refractivity contribution in [1.29, 1.82) is 0 Å². The van der Waals surface area contributed by atoms with Crippen LogP contribution in [0.4, 0.5) is 0 Å². The Bertz CT molecular complexity index is 439. The van der Waals surface area contributed by atoms with E-state index in [1.807, 2.05) is 12.1 Å². The first-order valence-electron chi connectivity index (χ1n) is 6.42. The molecule has 0 bridgehead atoms. The summed E-state index contributed by atoms with van der Waals surface area (Å²) in [6.07, 6.45) is 1.11. The first kappa shape index (κ1) is 16.5. The van der Waals surface area contributed by atoms with Gasteiger partial charge in [-0.2, -0.15) is 0 Å². The quantitative estimate of drug-likeness (QED) is 0.776. The highest BCUT2D eigenvalue weighted by Gasteiger charge is 2.11. The van der Waals surface area contributed by atoms with Crippen LogP contribution in [-0.4, -0.2) is 37.0 Å². The maximum Gasteiger partial charge on any atom is 0.252 e. The molecule has 106 valence electrons. The second-order valence-electron chi connectivity index (χ2n) is 4.66. The summed E-state index contributed by atoms with van der Waals surface area (Å²) >= 11 is 7.63. The number of amides is 1. The summed E-state index contributed by atoms with van der Waals surface area (Å²) in [5.74, 6) is -0.0691. The molecule has 0 aliphatic carbocycles. The summed E-state index contributed by atoms with van der Waals surface area (Å²) in [6.45, 7) is 5.83. The summed E-state index contributed by atoms with van der Waals surface area (Å²) in [5, 5.41) is 2.93. The first-order chi connectivity index (χ1) is 8.95. The van der Waals surface area contributed by atoms with Crippen LogP contribution in [0.3, 0.4) is 0 Å². The lowest BCUT2D eigenvalue weighted by molar-refractivity contribution is 0.0946. The molecule has 1 unspecified atom stereocenters. The van der Waals surface area contributed by atoms with Gasteiger partial charge < -0.3 is 10.2 Å². The van der Waals surface area contributed by atoms with Gasteiger partial charge in [0.1, 0.15) is 0 Å². The van der Waals surface area contributed by atoms with Crippen LogP contribution in [0.2, 0.25) is 0 Å². The second-order valence-corrected chi connectivity index (χ2v) is 6.03. The van der Waals surface area contributed by atoms with E-state index >= 15 is 0 Å². The Morgan fingerprint density at radius 1 is 1.53 bits per heavy atom. The van der Waals surface area contributed by atoms with Crippen LogP contribution < -0.4 is 5.32 Å². The smallest absolute Gasteiger partial charge is 0.252 e. The molecule has 1 aromatic carbocycles. The largest absolute Gasteiger partial charge is 0.351 e. The van der Waals surface area contributed by atoms with Crippen molar-refractivity contribution in [3.8, 4) is 0 Å². The maximum absolute atomic E-state index is 12.0. The summed E-state index contributed by atoms with van der Waals surface area (Å²) in [5.41, 5.74) is 0.624. The minimum Gasteiger partial charge on any atom is -0.351 e. The number of thiol groups is 1. The van der Waals surface area contributed by atoms with E-state index in [1.54, 1.807) is 6.07 Å². The van der Waals surface area contributed by atoms with Gasteiger partial charge in [0.05, 0.1) is 5.56 Å². The Morgan fingerprint density at radius 2 is 2.21 bits per heavy atom. The zero-order valence-corrected chi connectivity index (χ0v) is 14.1.